The van der Waals surface area contributed by atoms with Crippen molar-refractivity contribution in [3.05, 3.63) is 71.3 Å². The average Bonchev–Trinajstić information content (AvgIpc) is 3.13. The molecule has 4 nitrogen and oxygen atoms in total. The van der Waals surface area contributed by atoms with Gasteiger partial charge in [0.15, 0.2) is 11.6 Å². The summed E-state index contributed by atoms with van der Waals surface area (Å²) in [5, 5.41) is 4.28. The standard InChI is InChI=1S/C18H14N2O2/c21-17-12-8-4-5-9-13(12)18(22)16(17)15-10-14(19-20-15)11-6-2-1-3-7-11/h1-9,14,16,19H,10H2/t14-/m1/s1. The smallest absolute Gasteiger partial charge is 0.180 e. The first kappa shape index (κ1) is 13.0. The van der Waals surface area contributed by atoms with Crippen LogP contribution in [0, 0.1) is 5.92 Å². The third kappa shape index (κ3) is 1.88. The number of rotatable bonds is 2. The van der Waals surface area contributed by atoms with Crippen molar-refractivity contribution in [2.75, 3.05) is 0 Å². The maximum atomic E-state index is 12.5. The number of benzene rings is 2. The molecular weight excluding hydrogens is 276 g/mol. The van der Waals surface area contributed by atoms with Crippen LogP contribution in [0.5, 0.6) is 0 Å². The van der Waals surface area contributed by atoms with E-state index >= 15 is 0 Å². The maximum Gasteiger partial charge on any atom is 0.180 e. The number of carbonyl (C=O) groups is 2. The fourth-order valence-electron chi connectivity index (χ4n) is 3.17. The van der Waals surface area contributed by atoms with Crippen molar-refractivity contribution in [3.63, 3.8) is 0 Å². The lowest BCUT2D eigenvalue weighted by Crippen LogP contribution is -2.24. The number of hydrogen-bond donors (Lipinski definition) is 1. The third-order valence-corrected chi connectivity index (χ3v) is 4.29. The molecule has 0 spiro atoms. The van der Waals surface area contributed by atoms with Crippen molar-refractivity contribution in [2.24, 2.45) is 11.0 Å². The first-order valence-electron chi connectivity index (χ1n) is 7.30. The highest BCUT2D eigenvalue weighted by Gasteiger charge is 2.43. The van der Waals surface area contributed by atoms with Crippen molar-refractivity contribution < 1.29 is 9.59 Å². The fraction of sp³-hybridized carbons (Fsp3) is 0.167. The normalized spacial score (nSPS) is 20.7. The summed E-state index contributed by atoms with van der Waals surface area (Å²) in [5.74, 6) is -1.01. The number of hydrazone groups is 1. The molecule has 0 saturated carbocycles. The molecule has 22 heavy (non-hydrogen) atoms. The van der Waals surface area contributed by atoms with E-state index in [1.54, 1.807) is 24.3 Å². The zero-order valence-electron chi connectivity index (χ0n) is 11.8. The predicted molar refractivity (Wildman–Crippen MR) is 83.0 cm³/mol. The zero-order valence-corrected chi connectivity index (χ0v) is 11.8. The van der Waals surface area contributed by atoms with Gasteiger partial charge in [-0.15, -0.1) is 0 Å². The van der Waals surface area contributed by atoms with E-state index in [-0.39, 0.29) is 17.6 Å². The number of nitrogens with zero attached hydrogens (tertiary/aromatic N) is 1. The van der Waals surface area contributed by atoms with Crippen LogP contribution in [-0.4, -0.2) is 17.3 Å². The number of fused-ring (bicyclic) bond motifs is 1. The Balaban J connectivity index is 1.60. The Morgan fingerprint density at radius 1 is 0.864 bits per heavy atom. The molecule has 2 aliphatic rings. The van der Waals surface area contributed by atoms with Crippen LogP contribution in [-0.2, 0) is 0 Å². The number of ketones is 2. The van der Waals surface area contributed by atoms with Crippen molar-refractivity contribution in [1.29, 1.82) is 0 Å². The van der Waals surface area contributed by atoms with Crippen molar-refractivity contribution in [2.45, 2.75) is 12.5 Å². The lowest BCUT2D eigenvalue weighted by molar-refractivity contribution is 0.0882. The van der Waals surface area contributed by atoms with Crippen LogP contribution in [0.1, 0.15) is 38.7 Å². The molecule has 0 unspecified atom stereocenters. The van der Waals surface area contributed by atoms with Crippen molar-refractivity contribution >= 4 is 17.3 Å². The highest BCUT2D eigenvalue weighted by molar-refractivity contribution is 6.36. The lowest BCUT2D eigenvalue weighted by atomic mass is 9.92. The number of hydrogen-bond acceptors (Lipinski definition) is 4. The van der Waals surface area contributed by atoms with E-state index < -0.39 is 5.92 Å². The molecule has 2 aromatic carbocycles. The minimum absolute atomic E-state index is 0.0283. The molecule has 1 N–H and O–H groups in total. The van der Waals surface area contributed by atoms with E-state index in [0.717, 1.165) is 5.56 Å². The minimum Gasteiger partial charge on any atom is -0.302 e. The quantitative estimate of drug-likeness (QED) is 0.865. The lowest BCUT2D eigenvalue weighted by Gasteiger charge is -2.10. The molecule has 0 fully saturated rings. The van der Waals surface area contributed by atoms with Gasteiger partial charge in [-0.3, -0.25) is 9.59 Å². The second kappa shape index (κ2) is 4.91. The largest absolute Gasteiger partial charge is 0.302 e. The van der Waals surface area contributed by atoms with E-state index in [4.69, 9.17) is 0 Å². The third-order valence-electron chi connectivity index (χ3n) is 4.29. The first-order chi connectivity index (χ1) is 10.8. The van der Waals surface area contributed by atoms with Gasteiger partial charge in [0.1, 0.15) is 5.92 Å². The topological polar surface area (TPSA) is 58.5 Å². The summed E-state index contributed by atoms with van der Waals surface area (Å²) in [6.45, 7) is 0. The molecule has 1 aliphatic heterocycles. The summed E-state index contributed by atoms with van der Waals surface area (Å²) >= 11 is 0. The molecule has 0 aromatic heterocycles. The molecule has 1 aliphatic carbocycles. The molecule has 4 rings (SSSR count). The van der Waals surface area contributed by atoms with Gasteiger partial charge in [0.25, 0.3) is 0 Å². The second-order valence-corrected chi connectivity index (χ2v) is 5.61. The second-order valence-electron chi connectivity index (χ2n) is 5.61. The monoisotopic (exact) mass is 290 g/mol. The fourth-order valence-corrected chi connectivity index (χ4v) is 3.17. The predicted octanol–water partition coefficient (Wildman–Crippen LogP) is 2.77. The Hall–Kier alpha value is -2.75. The minimum atomic E-state index is -0.751. The Labute approximate surface area is 127 Å². The van der Waals surface area contributed by atoms with Gasteiger partial charge in [0, 0.05) is 17.5 Å². The number of nitrogens with one attached hydrogen (secondary N) is 1. The molecule has 0 saturated heterocycles. The summed E-state index contributed by atoms with van der Waals surface area (Å²) in [4.78, 5) is 25.0. The van der Waals surface area contributed by atoms with Crippen molar-refractivity contribution in [1.82, 2.24) is 5.43 Å². The Kier molecular flexibility index (Phi) is 2.89. The summed E-state index contributed by atoms with van der Waals surface area (Å²) < 4.78 is 0. The van der Waals surface area contributed by atoms with E-state index in [9.17, 15) is 9.59 Å². The maximum absolute atomic E-state index is 12.5. The van der Waals surface area contributed by atoms with E-state index in [1.165, 1.54) is 0 Å². The van der Waals surface area contributed by atoms with Gasteiger partial charge in [-0.05, 0) is 5.56 Å². The van der Waals surface area contributed by atoms with Gasteiger partial charge in [-0.1, -0.05) is 54.6 Å². The molecule has 0 amide bonds. The summed E-state index contributed by atoms with van der Waals surface area (Å²) in [5.41, 5.74) is 5.83. The van der Waals surface area contributed by atoms with Gasteiger partial charge in [-0.2, -0.15) is 5.10 Å². The Morgan fingerprint density at radius 2 is 1.45 bits per heavy atom. The Morgan fingerprint density at radius 3 is 2.09 bits per heavy atom. The SMILES string of the molecule is O=C1c2ccccc2C(=O)C1C1=NN[C@@H](c2ccccc2)C1. The molecule has 108 valence electrons. The van der Waals surface area contributed by atoms with Gasteiger partial charge in [-0.25, -0.2) is 0 Å². The van der Waals surface area contributed by atoms with Gasteiger partial charge in [0.05, 0.1) is 11.8 Å². The molecule has 0 bridgehead atoms. The summed E-state index contributed by atoms with van der Waals surface area (Å²) in [6.07, 6.45) is 0.583. The first-order valence-corrected chi connectivity index (χ1v) is 7.30. The molecule has 0 radical (unpaired) electrons. The van der Waals surface area contributed by atoms with Crippen LogP contribution < -0.4 is 5.43 Å². The summed E-state index contributed by atoms with van der Waals surface area (Å²) in [6, 6.07) is 17.0. The molecule has 1 heterocycles. The zero-order chi connectivity index (χ0) is 15.1. The summed E-state index contributed by atoms with van der Waals surface area (Å²) in [7, 11) is 0. The van der Waals surface area contributed by atoms with Crippen LogP contribution >= 0.6 is 0 Å². The van der Waals surface area contributed by atoms with Gasteiger partial charge >= 0.3 is 0 Å². The van der Waals surface area contributed by atoms with E-state index in [0.29, 0.717) is 23.3 Å². The van der Waals surface area contributed by atoms with E-state index in [2.05, 4.69) is 10.5 Å². The van der Waals surface area contributed by atoms with Gasteiger partial charge in [0.2, 0.25) is 0 Å². The Bertz CT molecular complexity index is 761. The number of carbonyl (C=O) groups excluding carboxylic acids is 2. The van der Waals surface area contributed by atoms with Crippen molar-refractivity contribution in [3.8, 4) is 0 Å². The van der Waals surface area contributed by atoms with Gasteiger partial charge < -0.3 is 5.43 Å². The van der Waals surface area contributed by atoms with Crippen LogP contribution in [0.2, 0.25) is 0 Å². The molecule has 2 aromatic rings. The van der Waals surface area contributed by atoms with Crippen LogP contribution in [0.15, 0.2) is 59.7 Å². The van der Waals surface area contributed by atoms with E-state index in [1.807, 2.05) is 30.3 Å². The highest BCUT2D eigenvalue weighted by atomic mass is 16.2. The average molecular weight is 290 g/mol. The number of Topliss-reactive ketones (excluding diaryl/α,β-unsaturated/α-hetero) is 2. The molecular formula is C18H14N2O2. The van der Waals surface area contributed by atoms with Crippen LogP contribution in [0.25, 0.3) is 0 Å². The molecule has 1 atom stereocenters. The van der Waals surface area contributed by atoms with Crippen LogP contribution in [0.4, 0.5) is 0 Å². The van der Waals surface area contributed by atoms with Crippen LogP contribution in [0.3, 0.4) is 0 Å². The molecule has 4 heteroatoms. The highest BCUT2D eigenvalue weighted by Crippen LogP contribution is 2.32.